The van der Waals surface area contributed by atoms with Gasteiger partial charge in [-0.15, -0.1) is 0 Å². The van der Waals surface area contributed by atoms with Gasteiger partial charge in [0.15, 0.2) is 5.82 Å². The normalized spacial score (nSPS) is 14.7. The zero-order chi connectivity index (χ0) is 15.6. The maximum absolute atomic E-state index is 4.74. The Labute approximate surface area is 134 Å². The van der Waals surface area contributed by atoms with E-state index in [1.165, 1.54) is 5.56 Å². The van der Waals surface area contributed by atoms with E-state index in [1.54, 1.807) is 12.4 Å². The van der Waals surface area contributed by atoms with Crippen molar-refractivity contribution in [1.29, 1.82) is 0 Å². The Morgan fingerprint density at radius 3 is 2.83 bits per heavy atom. The topological polar surface area (TPSA) is 59.7 Å². The Morgan fingerprint density at radius 2 is 2.04 bits per heavy atom. The van der Waals surface area contributed by atoms with Crippen LogP contribution in [0.3, 0.4) is 0 Å². The molecule has 0 unspecified atom stereocenters. The second kappa shape index (κ2) is 5.89. The summed E-state index contributed by atoms with van der Waals surface area (Å²) in [6, 6.07) is 5.95. The van der Waals surface area contributed by atoms with Gasteiger partial charge in [0.2, 0.25) is 0 Å². The molecule has 3 aromatic rings. The van der Waals surface area contributed by atoms with E-state index in [0.717, 1.165) is 48.8 Å². The smallest absolute Gasteiger partial charge is 0.159 e. The van der Waals surface area contributed by atoms with Crippen molar-refractivity contribution in [1.82, 2.24) is 29.6 Å². The summed E-state index contributed by atoms with van der Waals surface area (Å²) >= 11 is 0. The van der Waals surface area contributed by atoms with Crippen LogP contribution < -0.4 is 0 Å². The van der Waals surface area contributed by atoms with Crippen LogP contribution in [0.25, 0.3) is 11.4 Å². The Kier molecular flexibility index (Phi) is 3.59. The van der Waals surface area contributed by atoms with E-state index < -0.39 is 0 Å². The van der Waals surface area contributed by atoms with Gasteiger partial charge in [-0.05, 0) is 18.2 Å². The predicted octanol–water partition coefficient (Wildman–Crippen LogP) is 1.83. The van der Waals surface area contributed by atoms with Gasteiger partial charge in [0, 0.05) is 69.0 Å². The molecule has 6 heteroatoms. The first-order valence-corrected chi connectivity index (χ1v) is 7.74. The molecule has 1 aliphatic rings. The zero-order valence-electron chi connectivity index (χ0n) is 13.1. The molecule has 116 valence electrons. The van der Waals surface area contributed by atoms with Gasteiger partial charge >= 0.3 is 0 Å². The maximum Gasteiger partial charge on any atom is 0.159 e. The van der Waals surface area contributed by atoms with E-state index in [-0.39, 0.29) is 0 Å². The van der Waals surface area contributed by atoms with Gasteiger partial charge in [-0.1, -0.05) is 0 Å². The summed E-state index contributed by atoms with van der Waals surface area (Å²) in [6.45, 7) is 2.74. The van der Waals surface area contributed by atoms with E-state index in [1.807, 2.05) is 36.3 Å². The van der Waals surface area contributed by atoms with Gasteiger partial charge in [-0.2, -0.15) is 5.10 Å². The lowest BCUT2D eigenvalue weighted by Gasteiger charge is -2.27. The van der Waals surface area contributed by atoms with E-state index in [4.69, 9.17) is 4.98 Å². The standard InChI is InChI=1S/C17H18N6/c1-22-8-4-15(21-22)12-23-9-5-16-14(11-23)10-19-17(20-16)13-2-6-18-7-3-13/h2-4,6-8,10H,5,9,11-12H2,1H3. The summed E-state index contributed by atoms with van der Waals surface area (Å²) < 4.78 is 1.84. The minimum absolute atomic E-state index is 0.782. The number of hydrogen-bond donors (Lipinski definition) is 0. The molecule has 0 N–H and O–H groups in total. The van der Waals surface area contributed by atoms with E-state index in [9.17, 15) is 0 Å². The zero-order valence-corrected chi connectivity index (χ0v) is 13.1. The molecule has 4 heterocycles. The number of aromatic nitrogens is 5. The highest BCUT2D eigenvalue weighted by molar-refractivity contribution is 5.54. The van der Waals surface area contributed by atoms with Crippen molar-refractivity contribution in [2.24, 2.45) is 7.05 Å². The fourth-order valence-electron chi connectivity index (χ4n) is 2.93. The fourth-order valence-corrected chi connectivity index (χ4v) is 2.93. The molecule has 0 bridgehead atoms. The van der Waals surface area contributed by atoms with Crippen LogP contribution in [-0.4, -0.2) is 36.2 Å². The van der Waals surface area contributed by atoms with Gasteiger partial charge < -0.3 is 0 Å². The monoisotopic (exact) mass is 306 g/mol. The molecule has 0 spiro atoms. The van der Waals surface area contributed by atoms with Crippen LogP contribution in [-0.2, 0) is 26.6 Å². The minimum atomic E-state index is 0.782. The summed E-state index contributed by atoms with van der Waals surface area (Å²) in [4.78, 5) is 15.7. The summed E-state index contributed by atoms with van der Waals surface area (Å²) in [5.41, 5.74) is 4.48. The van der Waals surface area contributed by atoms with Crippen molar-refractivity contribution in [3.05, 3.63) is 59.9 Å². The third-order valence-corrected chi connectivity index (χ3v) is 4.11. The van der Waals surface area contributed by atoms with Crippen LogP contribution >= 0.6 is 0 Å². The summed E-state index contributed by atoms with van der Waals surface area (Å²) in [6.07, 6.45) is 8.43. The van der Waals surface area contributed by atoms with Gasteiger partial charge in [0.1, 0.15) is 0 Å². The van der Waals surface area contributed by atoms with Crippen molar-refractivity contribution in [2.45, 2.75) is 19.5 Å². The molecule has 1 aliphatic heterocycles. The number of hydrogen-bond acceptors (Lipinski definition) is 5. The van der Waals surface area contributed by atoms with E-state index in [0.29, 0.717) is 0 Å². The molecule has 0 atom stereocenters. The molecule has 0 saturated carbocycles. The predicted molar refractivity (Wildman–Crippen MR) is 86.3 cm³/mol. The molecule has 0 fully saturated rings. The quantitative estimate of drug-likeness (QED) is 0.739. The molecule has 3 aromatic heterocycles. The highest BCUT2D eigenvalue weighted by Gasteiger charge is 2.19. The third-order valence-electron chi connectivity index (χ3n) is 4.11. The first kappa shape index (κ1) is 14.0. The third kappa shape index (κ3) is 2.98. The lowest BCUT2D eigenvalue weighted by Crippen LogP contribution is -2.31. The Balaban J connectivity index is 1.52. The Morgan fingerprint density at radius 1 is 1.17 bits per heavy atom. The fraction of sp³-hybridized carbons (Fsp3) is 0.294. The molecule has 0 aromatic carbocycles. The average molecular weight is 306 g/mol. The van der Waals surface area contributed by atoms with Crippen molar-refractivity contribution in [3.8, 4) is 11.4 Å². The largest absolute Gasteiger partial charge is 0.293 e. The van der Waals surface area contributed by atoms with Crippen molar-refractivity contribution < 1.29 is 0 Å². The van der Waals surface area contributed by atoms with Crippen molar-refractivity contribution in [2.75, 3.05) is 6.54 Å². The summed E-state index contributed by atoms with van der Waals surface area (Å²) in [7, 11) is 1.95. The molecule has 23 heavy (non-hydrogen) atoms. The number of pyridine rings is 1. The lowest BCUT2D eigenvalue weighted by molar-refractivity contribution is 0.239. The lowest BCUT2D eigenvalue weighted by atomic mass is 10.1. The molecule has 6 nitrogen and oxygen atoms in total. The van der Waals surface area contributed by atoms with Gasteiger partial charge in [0.05, 0.1) is 11.4 Å². The molecule has 0 saturated heterocycles. The minimum Gasteiger partial charge on any atom is -0.293 e. The highest BCUT2D eigenvalue weighted by Crippen LogP contribution is 2.21. The molecule has 4 rings (SSSR count). The van der Waals surface area contributed by atoms with Crippen molar-refractivity contribution >= 4 is 0 Å². The van der Waals surface area contributed by atoms with Gasteiger partial charge in [-0.3, -0.25) is 14.6 Å². The van der Waals surface area contributed by atoms with Crippen LogP contribution in [0.4, 0.5) is 0 Å². The Hall–Kier alpha value is -2.60. The number of rotatable bonds is 3. The van der Waals surface area contributed by atoms with Crippen LogP contribution in [0, 0.1) is 0 Å². The maximum atomic E-state index is 4.74. The first-order valence-electron chi connectivity index (χ1n) is 7.74. The molecule has 0 radical (unpaired) electrons. The van der Waals surface area contributed by atoms with E-state index >= 15 is 0 Å². The average Bonchev–Trinajstić information content (AvgIpc) is 3.00. The molecule has 0 aliphatic carbocycles. The number of fused-ring (bicyclic) bond motifs is 1. The Bertz CT molecular complexity index is 811. The number of aryl methyl sites for hydroxylation is 1. The molecular formula is C17H18N6. The van der Waals surface area contributed by atoms with Crippen molar-refractivity contribution in [3.63, 3.8) is 0 Å². The highest BCUT2D eigenvalue weighted by atomic mass is 15.3. The summed E-state index contributed by atoms with van der Waals surface area (Å²) in [5, 5.41) is 4.45. The van der Waals surface area contributed by atoms with Crippen LogP contribution in [0.5, 0.6) is 0 Å². The van der Waals surface area contributed by atoms with Crippen LogP contribution in [0.1, 0.15) is 17.0 Å². The molecular weight excluding hydrogens is 288 g/mol. The second-order valence-corrected chi connectivity index (χ2v) is 5.84. The number of nitrogens with zero attached hydrogens (tertiary/aromatic N) is 6. The second-order valence-electron chi connectivity index (χ2n) is 5.84. The molecule has 0 amide bonds. The van der Waals surface area contributed by atoms with E-state index in [2.05, 4.69) is 26.0 Å². The van der Waals surface area contributed by atoms with Gasteiger partial charge in [-0.25, -0.2) is 9.97 Å². The van der Waals surface area contributed by atoms with Crippen LogP contribution in [0.15, 0.2) is 43.0 Å². The SMILES string of the molecule is Cn1ccc(CN2CCc3nc(-c4ccncc4)ncc3C2)n1. The first-order chi connectivity index (χ1) is 11.3. The van der Waals surface area contributed by atoms with Gasteiger partial charge in [0.25, 0.3) is 0 Å². The van der Waals surface area contributed by atoms with Crippen LogP contribution in [0.2, 0.25) is 0 Å². The summed E-state index contributed by atoms with van der Waals surface area (Å²) in [5.74, 6) is 0.782.